The van der Waals surface area contributed by atoms with E-state index in [9.17, 15) is 0 Å². The SMILES string of the molecule is CCC(CN)CNCc1cc(C)c(OC)c(C)c1C. The Kier molecular flexibility index (Phi) is 6.32. The zero-order chi connectivity index (χ0) is 14.4. The molecule has 1 atom stereocenters. The molecule has 1 unspecified atom stereocenters. The largest absolute Gasteiger partial charge is 0.496 e. The van der Waals surface area contributed by atoms with Crippen LogP contribution < -0.4 is 15.8 Å². The molecule has 0 bridgehead atoms. The molecule has 0 aliphatic carbocycles. The third-order valence-electron chi connectivity index (χ3n) is 4.00. The molecule has 108 valence electrons. The van der Waals surface area contributed by atoms with Gasteiger partial charge < -0.3 is 15.8 Å². The second-order valence-corrected chi connectivity index (χ2v) is 5.28. The van der Waals surface area contributed by atoms with Crippen LogP contribution in [0.25, 0.3) is 0 Å². The van der Waals surface area contributed by atoms with Crippen molar-refractivity contribution in [3.05, 3.63) is 28.3 Å². The maximum atomic E-state index is 5.72. The van der Waals surface area contributed by atoms with Crippen molar-refractivity contribution in [2.45, 2.75) is 40.7 Å². The van der Waals surface area contributed by atoms with Gasteiger partial charge in [-0.15, -0.1) is 0 Å². The number of hydrogen-bond donors (Lipinski definition) is 2. The molecule has 0 aliphatic rings. The van der Waals surface area contributed by atoms with Gasteiger partial charge in [0.25, 0.3) is 0 Å². The summed E-state index contributed by atoms with van der Waals surface area (Å²) < 4.78 is 5.45. The highest BCUT2D eigenvalue weighted by atomic mass is 16.5. The van der Waals surface area contributed by atoms with Gasteiger partial charge in [0.1, 0.15) is 5.75 Å². The van der Waals surface area contributed by atoms with E-state index in [1.807, 2.05) is 0 Å². The van der Waals surface area contributed by atoms with Gasteiger partial charge in [0.05, 0.1) is 7.11 Å². The summed E-state index contributed by atoms with van der Waals surface area (Å²) in [5.74, 6) is 1.58. The summed E-state index contributed by atoms with van der Waals surface area (Å²) in [6.45, 7) is 11.2. The molecule has 3 N–H and O–H groups in total. The first kappa shape index (κ1) is 16.0. The van der Waals surface area contributed by atoms with Gasteiger partial charge in [0, 0.05) is 6.54 Å². The zero-order valence-electron chi connectivity index (χ0n) is 13.0. The van der Waals surface area contributed by atoms with Crippen molar-refractivity contribution in [2.75, 3.05) is 20.2 Å². The Hall–Kier alpha value is -1.06. The van der Waals surface area contributed by atoms with Crippen LogP contribution in [0.15, 0.2) is 6.07 Å². The molecule has 1 rings (SSSR count). The monoisotopic (exact) mass is 264 g/mol. The summed E-state index contributed by atoms with van der Waals surface area (Å²) in [4.78, 5) is 0. The maximum absolute atomic E-state index is 5.72. The van der Waals surface area contributed by atoms with Gasteiger partial charge in [-0.25, -0.2) is 0 Å². The number of hydrogen-bond acceptors (Lipinski definition) is 3. The molecule has 0 fully saturated rings. The lowest BCUT2D eigenvalue weighted by Crippen LogP contribution is -2.27. The summed E-state index contributed by atoms with van der Waals surface area (Å²) >= 11 is 0. The second-order valence-electron chi connectivity index (χ2n) is 5.28. The summed E-state index contributed by atoms with van der Waals surface area (Å²) in [5.41, 5.74) is 10.8. The molecule has 0 radical (unpaired) electrons. The van der Waals surface area contributed by atoms with Crippen LogP contribution in [-0.2, 0) is 6.54 Å². The summed E-state index contributed by atoms with van der Waals surface area (Å²) in [5, 5.41) is 3.52. The Morgan fingerprint density at radius 3 is 2.47 bits per heavy atom. The van der Waals surface area contributed by atoms with E-state index in [0.717, 1.165) is 31.8 Å². The minimum absolute atomic E-state index is 0.570. The Labute approximate surface area is 117 Å². The second kappa shape index (κ2) is 7.51. The first-order valence-electron chi connectivity index (χ1n) is 7.09. The van der Waals surface area contributed by atoms with Gasteiger partial charge in [0.15, 0.2) is 0 Å². The van der Waals surface area contributed by atoms with E-state index in [1.165, 1.54) is 22.3 Å². The van der Waals surface area contributed by atoms with Crippen molar-refractivity contribution in [1.29, 1.82) is 0 Å². The molecule has 3 heteroatoms. The Morgan fingerprint density at radius 2 is 1.95 bits per heavy atom. The lowest BCUT2D eigenvalue weighted by molar-refractivity contribution is 0.407. The molecular formula is C16H28N2O. The van der Waals surface area contributed by atoms with Gasteiger partial charge in [-0.2, -0.15) is 0 Å². The van der Waals surface area contributed by atoms with Crippen LogP contribution in [0, 0.1) is 26.7 Å². The average Bonchev–Trinajstić information content (AvgIpc) is 2.41. The molecule has 0 spiro atoms. The minimum atomic E-state index is 0.570. The van der Waals surface area contributed by atoms with Gasteiger partial charge in [-0.1, -0.05) is 19.4 Å². The number of nitrogens with two attached hydrogens (primary N) is 1. The van der Waals surface area contributed by atoms with E-state index in [-0.39, 0.29) is 0 Å². The number of nitrogens with one attached hydrogen (secondary N) is 1. The number of rotatable bonds is 7. The van der Waals surface area contributed by atoms with Crippen LogP contribution in [-0.4, -0.2) is 20.2 Å². The molecular weight excluding hydrogens is 236 g/mol. The third kappa shape index (κ3) is 3.95. The fourth-order valence-corrected chi connectivity index (χ4v) is 2.45. The summed E-state index contributed by atoms with van der Waals surface area (Å²) in [7, 11) is 1.74. The normalized spacial score (nSPS) is 12.5. The first-order valence-corrected chi connectivity index (χ1v) is 7.09. The van der Waals surface area contributed by atoms with Gasteiger partial charge in [-0.3, -0.25) is 0 Å². The fraction of sp³-hybridized carbons (Fsp3) is 0.625. The van der Waals surface area contributed by atoms with Gasteiger partial charge >= 0.3 is 0 Å². The van der Waals surface area contributed by atoms with Crippen LogP contribution in [0.4, 0.5) is 0 Å². The van der Waals surface area contributed by atoms with E-state index in [4.69, 9.17) is 10.5 Å². The minimum Gasteiger partial charge on any atom is -0.496 e. The summed E-state index contributed by atoms with van der Waals surface area (Å²) in [6, 6.07) is 2.22. The number of ether oxygens (including phenoxy) is 1. The maximum Gasteiger partial charge on any atom is 0.124 e. The standard InChI is InChI=1S/C16H28N2O/c1-6-14(8-17)9-18-10-15-7-11(2)16(19-5)13(4)12(15)3/h7,14,18H,6,8-10,17H2,1-5H3. The highest BCUT2D eigenvalue weighted by molar-refractivity contribution is 5.48. The molecule has 3 nitrogen and oxygen atoms in total. The number of aryl methyl sites for hydroxylation is 1. The Morgan fingerprint density at radius 1 is 1.26 bits per heavy atom. The van der Waals surface area contributed by atoms with Gasteiger partial charge in [-0.05, 0) is 62.0 Å². The Balaban J connectivity index is 2.74. The van der Waals surface area contributed by atoms with E-state index in [2.05, 4.69) is 39.1 Å². The molecule has 0 aliphatic heterocycles. The van der Waals surface area contributed by atoms with Crippen LogP contribution in [0.5, 0.6) is 5.75 Å². The number of benzene rings is 1. The van der Waals surface area contributed by atoms with E-state index < -0.39 is 0 Å². The first-order chi connectivity index (χ1) is 9.04. The van der Waals surface area contributed by atoms with Crippen LogP contribution >= 0.6 is 0 Å². The lowest BCUT2D eigenvalue weighted by Gasteiger charge is -2.17. The molecule has 0 heterocycles. The van der Waals surface area contributed by atoms with Crippen LogP contribution in [0.3, 0.4) is 0 Å². The molecule has 0 saturated heterocycles. The van der Waals surface area contributed by atoms with Crippen molar-refractivity contribution < 1.29 is 4.74 Å². The average molecular weight is 264 g/mol. The van der Waals surface area contributed by atoms with E-state index in [1.54, 1.807) is 7.11 Å². The van der Waals surface area contributed by atoms with Crippen LogP contribution in [0.1, 0.15) is 35.6 Å². The van der Waals surface area contributed by atoms with E-state index in [0.29, 0.717) is 5.92 Å². The Bertz CT molecular complexity index is 412. The van der Waals surface area contributed by atoms with Crippen molar-refractivity contribution in [1.82, 2.24) is 5.32 Å². The third-order valence-corrected chi connectivity index (χ3v) is 4.00. The van der Waals surface area contributed by atoms with Crippen molar-refractivity contribution in [3.63, 3.8) is 0 Å². The molecule has 1 aromatic carbocycles. The predicted molar refractivity (Wildman–Crippen MR) is 81.7 cm³/mol. The molecule has 19 heavy (non-hydrogen) atoms. The molecule has 0 amide bonds. The molecule has 0 saturated carbocycles. The summed E-state index contributed by atoms with van der Waals surface area (Å²) in [6.07, 6.45) is 1.13. The van der Waals surface area contributed by atoms with E-state index >= 15 is 0 Å². The quantitative estimate of drug-likeness (QED) is 0.796. The number of methoxy groups -OCH3 is 1. The highest BCUT2D eigenvalue weighted by Gasteiger charge is 2.11. The van der Waals surface area contributed by atoms with Crippen molar-refractivity contribution in [2.24, 2.45) is 11.7 Å². The molecule has 1 aromatic rings. The van der Waals surface area contributed by atoms with Gasteiger partial charge in [0.2, 0.25) is 0 Å². The molecule has 0 aromatic heterocycles. The topological polar surface area (TPSA) is 47.3 Å². The fourth-order valence-electron chi connectivity index (χ4n) is 2.45. The lowest BCUT2D eigenvalue weighted by atomic mass is 9.98. The van der Waals surface area contributed by atoms with Crippen LogP contribution in [0.2, 0.25) is 0 Å². The zero-order valence-corrected chi connectivity index (χ0v) is 13.0. The smallest absolute Gasteiger partial charge is 0.124 e. The predicted octanol–water partition coefficient (Wildman–Crippen LogP) is 2.69. The highest BCUT2D eigenvalue weighted by Crippen LogP contribution is 2.28. The van der Waals surface area contributed by atoms with Crippen molar-refractivity contribution in [3.8, 4) is 5.75 Å². The van der Waals surface area contributed by atoms with Crippen molar-refractivity contribution >= 4 is 0 Å².